The fourth-order valence-electron chi connectivity index (χ4n) is 3.47. The van der Waals surface area contributed by atoms with Crippen molar-refractivity contribution in [2.75, 3.05) is 6.54 Å². The maximum Gasteiger partial charge on any atom is 0.223 e. The number of benzene rings is 1. The standard InChI is InChI=1S/C16H18N4O/c21-16-8-12-6-7-14(20(16)9-12)10-19-11-15(17-18-19)13-4-2-1-3-5-13/h1-5,11-12,14H,6-10H2/t12-,14-/m0/s1. The highest BCUT2D eigenvalue weighted by Crippen LogP contribution is 2.32. The predicted octanol–water partition coefficient (Wildman–Crippen LogP) is 1.96. The van der Waals surface area contributed by atoms with E-state index >= 15 is 0 Å². The van der Waals surface area contributed by atoms with E-state index < -0.39 is 0 Å². The van der Waals surface area contributed by atoms with E-state index in [0.717, 1.165) is 43.6 Å². The SMILES string of the molecule is O=C1C[C@@H]2CC[C@@H](Cn3cc(-c4ccccc4)nn3)N1C2. The summed E-state index contributed by atoms with van der Waals surface area (Å²) in [6.45, 7) is 1.68. The average molecular weight is 282 g/mol. The third kappa shape index (κ3) is 2.33. The summed E-state index contributed by atoms with van der Waals surface area (Å²) in [6, 6.07) is 10.3. The van der Waals surface area contributed by atoms with Gasteiger partial charge in [-0.2, -0.15) is 0 Å². The quantitative estimate of drug-likeness (QED) is 0.864. The van der Waals surface area contributed by atoms with Crippen LogP contribution in [0.3, 0.4) is 0 Å². The van der Waals surface area contributed by atoms with E-state index in [-0.39, 0.29) is 6.04 Å². The summed E-state index contributed by atoms with van der Waals surface area (Å²) in [5.41, 5.74) is 1.96. The lowest BCUT2D eigenvalue weighted by atomic mass is 9.96. The molecule has 0 spiro atoms. The van der Waals surface area contributed by atoms with Gasteiger partial charge in [0.15, 0.2) is 0 Å². The van der Waals surface area contributed by atoms with Crippen molar-refractivity contribution >= 4 is 5.91 Å². The number of piperidine rings is 1. The Bertz CT molecular complexity index is 651. The number of hydrogen-bond donors (Lipinski definition) is 0. The first-order valence-electron chi connectivity index (χ1n) is 7.54. The summed E-state index contributed by atoms with van der Waals surface area (Å²) in [5, 5.41) is 8.46. The van der Waals surface area contributed by atoms with Gasteiger partial charge in [-0.1, -0.05) is 35.5 Å². The molecule has 2 bridgehead atoms. The third-order valence-electron chi connectivity index (χ3n) is 4.59. The summed E-state index contributed by atoms with van der Waals surface area (Å²) >= 11 is 0. The molecule has 108 valence electrons. The van der Waals surface area contributed by atoms with Gasteiger partial charge in [0.2, 0.25) is 5.91 Å². The molecule has 5 heteroatoms. The van der Waals surface area contributed by atoms with Crippen molar-refractivity contribution in [3.8, 4) is 11.3 Å². The van der Waals surface area contributed by atoms with Gasteiger partial charge >= 0.3 is 0 Å². The van der Waals surface area contributed by atoms with Crippen LogP contribution in [0.15, 0.2) is 36.5 Å². The summed E-state index contributed by atoms with van der Waals surface area (Å²) in [4.78, 5) is 14.0. The second-order valence-corrected chi connectivity index (χ2v) is 6.04. The minimum Gasteiger partial charge on any atom is -0.338 e. The Morgan fingerprint density at radius 1 is 1.19 bits per heavy atom. The van der Waals surface area contributed by atoms with Gasteiger partial charge in [-0.15, -0.1) is 5.10 Å². The maximum atomic E-state index is 12.0. The van der Waals surface area contributed by atoms with E-state index in [1.807, 2.05) is 46.1 Å². The van der Waals surface area contributed by atoms with Crippen molar-refractivity contribution in [2.45, 2.75) is 31.8 Å². The first kappa shape index (κ1) is 12.6. The molecule has 0 aliphatic carbocycles. The predicted molar refractivity (Wildman–Crippen MR) is 78.3 cm³/mol. The molecular weight excluding hydrogens is 264 g/mol. The molecule has 2 atom stereocenters. The van der Waals surface area contributed by atoms with E-state index in [0.29, 0.717) is 11.8 Å². The van der Waals surface area contributed by atoms with Gasteiger partial charge in [-0.25, -0.2) is 4.68 Å². The molecule has 2 aliphatic rings. The van der Waals surface area contributed by atoms with Gasteiger partial charge in [-0.05, 0) is 18.8 Å². The number of fused-ring (bicyclic) bond motifs is 2. The number of rotatable bonds is 3. The normalized spacial score (nSPS) is 24.6. The largest absolute Gasteiger partial charge is 0.338 e. The van der Waals surface area contributed by atoms with Crippen LogP contribution < -0.4 is 0 Å². The topological polar surface area (TPSA) is 51.0 Å². The fraction of sp³-hybridized carbons (Fsp3) is 0.438. The molecule has 1 aromatic carbocycles. The Balaban J connectivity index is 1.51. The minimum atomic E-state index is 0.279. The smallest absolute Gasteiger partial charge is 0.223 e. The zero-order valence-electron chi connectivity index (χ0n) is 11.9. The molecule has 2 saturated heterocycles. The molecule has 1 amide bonds. The summed E-state index contributed by atoms with van der Waals surface area (Å²) in [6.07, 6.45) is 4.95. The van der Waals surface area contributed by atoms with E-state index in [1.54, 1.807) is 0 Å². The van der Waals surface area contributed by atoms with Crippen LogP contribution in [-0.2, 0) is 11.3 Å². The van der Waals surface area contributed by atoms with Crippen LogP contribution in [0.4, 0.5) is 0 Å². The lowest BCUT2D eigenvalue weighted by Crippen LogP contribution is -2.42. The molecule has 0 saturated carbocycles. The number of hydrogen-bond acceptors (Lipinski definition) is 3. The van der Waals surface area contributed by atoms with Crippen molar-refractivity contribution in [1.82, 2.24) is 19.9 Å². The van der Waals surface area contributed by atoms with Gasteiger partial charge in [0.1, 0.15) is 5.69 Å². The van der Waals surface area contributed by atoms with E-state index in [2.05, 4.69) is 10.3 Å². The molecule has 21 heavy (non-hydrogen) atoms. The van der Waals surface area contributed by atoms with Crippen LogP contribution in [0.2, 0.25) is 0 Å². The molecule has 2 aliphatic heterocycles. The first-order valence-corrected chi connectivity index (χ1v) is 7.54. The van der Waals surface area contributed by atoms with Crippen molar-refractivity contribution in [3.05, 3.63) is 36.5 Å². The van der Waals surface area contributed by atoms with Crippen molar-refractivity contribution in [1.29, 1.82) is 0 Å². The molecule has 0 unspecified atom stereocenters. The van der Waals surface area contributed by atoms with Crippen molar-refractivity contribution < 1.29 is 4.79 Å². The van der Waals surface area contributed by atoms with Gasteiger partial charge in [0.25, 0.3) is 0 Å². The van der Waals surface area contributed by atoms with Crippen LogP contribution in [0.1, 0.15) is 19.3 Å². The van der Waals surface area contributed by atoms with Gasteiger partial charge in [0, 0.05) is 18.5 Å². The van der Waals surface area contributed by atoms with Crippen LogP contribution >= 0.6 is 0 Å². The lowest BCUT2D eigenvalue weighted by Gasteiger charge is -2.32. The highest BCUT2D eigenvalue weighted by molar-refractivity contribution is 5.79. The number of carbonyl (C=O) groups is 1. The Labute approximate surface area is 123 Å². The third-order valence-corrected chi connectivity index (χ3v) is 4.59. The molecule has 0 radical (unpaired) electrons. The molecule has 5 nitrogen and oxygen atoms in total. The molecular formula is C16H18N4O. The summed E-state index contributed by atoms with van der Waals surface area (Å²) in [7, 11) is 0. The Morgan fingerprint density at radius 2 is 2.05 bits per heavy atom. The summed E-state index contributed by atoms with van der Waals surface area (Å²) in [5.74, 6) is 0.898. The monoisotopic (exact) mass is 282 g/mol. The highest BCUT2D eigenvalue weighted by Gasteiger charge is 2.38. The Morgan fingerprint density at radius 3 is 2.90 bits per heavy atom. The fourth-order valence-corrected chi connectivity index (χ4v) is 3.47. The van der Waals surface area contributed by atoms with Crippen LogP contribution in [0.25, 0.3) is 11.3 Å². The van der Waals surface area contributed by atoms with Crippen molar-refractivity contribution in [2.24, 2.45) is 5.92 Å². The molecule has 2 fully saturated rings. The van der Waals surface area contributed by atoms with Crippen LogP contribution in [-0.4, -0.2) is 38.4 Å². The number of amides is 1. The molecule has 4 rings (SSSR count). The zero-order valence-corrected chi connectivity index (χ0v) is 11.9. The number of nitrogens with zero attached hydrogens (tertiary/aromatic N) is 4. The average Bonchev–Trinajstić information content (AvgIpc) is 3.09. The molecule has 3 heterocycles. The molecule has 2 aromatic rings. The second kappa shape index (κ2) is 4.98. The van der Waals surface area contributed by atoms with E-state index in [1.165, 1.54) is 0 Å². The Hall–Kier alpha value is -2.17. The highest BCUT2D eigenvalue weighted by atomic mass is 16.2. The second-order valence-electron chi connectivity index (χ2n) is 6.04. The van der Waals surface area contributed by atoms with Crippen LogP contribution in [0.5, 0.6) is 0 Å². The van der Waals surface area contributed by atoms with Crippen LogP contribution in [0, 0.1) is 5.92 Å². The lowest BCUT2D eigenvalue weighted by molar-refractivity contribution is -0.129. The van der Waals surface area contributed by atoms with Crippen molar-refractivity contribution in [3.63, 3.8) is 0 Å². The summed E-state index contributed by atoms with van der Waals surface area (Å²) < 4.78 is 1.87. The first-order chi connectivity index (χ1) is 10.3. The number of carbonyl (C=O) groups excluding carboxylic acids is 1. The molecule has 0 N–H and O–H groups in total. The number of aromatic nitrogens is 3. The van der Waals surface area contributed by atoms with E-state index in [4.69, 9.17) is 0 Å². The molecule has 1 aromatic heterocycles. The minimum absolute atomic E-state index is 0.279. The van der Waals surface area contributed by atoms with Gasteiger partial charge in [-0.3, -0.25) is 4.79 Å². The van der Waals surface area contributed by atoms with E-state index in [9.17, 15) is 4.79 Å². The zero-order chi connectivity index (χ0) is 14.2. The maximum absolute atomic E-state index is 12.0. The van der Waals surface area contributed by atoms with Gasteiger partial charge in [0.05, 0.1) is 18.8 Å². The van der Waals surface area contributed by atoms with Gasteiger partial charge < -0.3 is 4.90 Å². The Kier molecular flexibility index (Phi) is 2.98.